The standard InChI is InChI=1S/C62H96N8O11/c1-17-38(7)48-59(77)67(14)49(39(8)18-2)54(72)63-44(34-37(5)6)57(75)69(16)52(62(11,12)80)61(79)81-51(41(10)20-4)60(78)68(15)50(40(9)19-3)55(73)64-45(35-42-28-23-21-24-29-42)56(74)66(13)47(36-43-30-25-22-26-31-43)58(76)70-33-27-32-46(70)53(71)65-48/h21-26,28-31,37-41,44-52,80H,17-20,27,32-36H2,1-16H3,(H,63,72)(H,64,73)(H,65,71)/t38?,39-,40-,41?,44?,45?,46?,47?,48?,49?,50?,51?,52?/m0/s1. The van der Waals surface area contributed by atoms with Crippen LogP contribution in [0.3, 0.4) is 0 Å². The zero-order chi connectivity index (χ0) is 60.8. The average molecular weight is 1130 g/mol. The lowest BCUT2D eigenvalue weighted by atomic mass is 9.92. The van der Waals surface area contributed by atoms with Gasteiger partial charge in [-0.3, -0.25) is 38.4 Å². The van der Waals surface area contributed by atoms with Crippen molar-refractivity contribution in [1.82, 2.24) is 40.4 Å². The molecule has 450 valence electrons. The van der Waals surface area contributed by atoms with E-state index in [-0.39, 0.29) is 38.1 Å². The topological polar surface area (TPSA) is 235 Å². The Morgan fingerprint density at radius 2 is 1.02 bits per heavy atom. The molecule has 81 heavy (non-hydrogen) atoms. The predicted octanol–water partition coefficient (Wildman–Crippen LogP) is 5.15. The van der Waals surface area contributed by atoms with Crippen LogP contribution in [-0.2, 0) is 60.7 Å². The van der Waals surface area contributed by atoms with E-state index in [1.165, 1.54) is 61.6 Å². The minimum Gasteiger partial charge on any atom is -0.450 e. The number of amides is 8. The normalized spacial score (nSPS) is 26.8. The number of rotatable bonds is 15. The van der Waals surface area contributed by atoms with Crippen LogP contribution in [0.15, 0.2) is 60.7 Å². The molecule has 2 heterocycles. The second-order valence-corrected chi connectivity index (χ2v) is 24.0. The van der Waals surface area contributed by atoms with E-state index in [0.717, 1.165) is 10.5 Å². The highest BCUT2D eigenvalue weighted by molar-refractivity contribution is 5.99. The molecule has 0 bridgehead atoms. The summed E-state index contributed by atoms with van der Waals surface area (Å²) in [4.78, 5) is 142. The molecule has 2 fully saturated rings. The SMILES string of the molecule is CCC(C)C1NC(=O)C2CCCN2C(=O)C(Cc2ccccc2)N(C)C(=O)C(Cc2ccccc2)NC(=O)C([C@@H](C)CC)N(C)C(=O)C(C(C)CC)OC(=O)C(C(C)(C)O)N(C)C(=O)C(CC(C)C)NC(=O)C([C@@H](C)CC)N(C)C1=O. The molecule has 0 aromatic heterocycles. The first-order valence-corrected chi connectivity index (χ1v) is 29.3. The zero-order valence-corrected chi connectivity index (χ0v) is 51.2. The number of likely N-dealkylation sites (N-methyl/N-ethyl adjacent to an activating group) is 4. The number of ether oxygens (including phenoxy) is 1. The fourth-order valence-electron chi connectivity index (χ4n) is 11.2. The lowest BCUT2D eigenvalue weighted by Crippen LogP contribution is -2.63. The molecule has 11 unspecified atom stereocenters. The molecule has 2 aromatic carbocycles. The molecule has 8 amide bonds. The van der Waals surface area contributed by atoms with Gasteiger partial charge in [-0.25, -0.2) is 4.79 Å². The van der Waals surface area contributed by atoms with Crippen molar-refractivity contribution >= 4 is 53.2 Å². The summed E-state index contributed by atoms with van der Waals surface area (Å²) >= 11 is 0. The van der Waals surface area contributed by atoms with E-state index in [0.29, 0.717) is 37.7 Å². The molecule has 4 rings (SSSR count). The molecular formula is C62H96N8O11. The number of hydrogen-bond donors (Lipinski definition) is 4. The predicted molar refractivity (Wildman–Crippen MR) is 311 cm³/mol. The van der Waals surface area contributed by atoms with Crippen LogP contribution in [0.1, 0.15) is 139 Å². The number of hydrogen-bond acceptors (Lipinski definition) is 11. The van der Waals surface area contributed by atoms with Crippen molar-refractivity contribution in [2.24, 2.45) is 29.6 Å². The summed E-state index contributed by atoms with van der Waals surface area (Å²) in [5.74, 6) is -8.46. The summed E-state index contributed by atoms with van der Waals surface area (Å²) in [6.07, 6.45) is 0.954. The van der Waals surface area contributed by atoms with Crippen LogP contribution in [0.5, 0.6) is 0 Å². The van der Waals surface area contributed by atoms with E-state index in [1.54, 1.807) is 39.8 Å². The van der Waals surface area contributed by atoms with Gasteiger partial charge < -0.3 is 50.3 Å². The maximum atomic E-state index is 15.4. The van der Waals surface area contributed by atoms with Crippen LogP contribution in [0.4, 0.5) is 0 Å². The minimum atomic E-state index is -1.97. The fourth-order valence-corrected chi connectivity index (χ4v) is 11.2. The van der Waals surface area contributed by atoms with Gasteiger partial charge in [0, 0.05) is 53.5 Å². The molecule has 13 atom stereocenters. The first-order valence-electron chi connectivity index (χ1n) is 29.3. The number of nitrogens with one attached hydrogen (secondary N) is 3. The van der Waals surface area contributed by atoms with Crippen molar-refractivity contribution in [3.8, 4) is 0 Å². The summed E-state index contributed by atoms with van der Waals surface area (Å²) in [7, 11) is 5.73. The van der Waals surface area contributed by atoms with Gasteiger partial charge in [-0.1, -0.05) is 149 Å². The van der Waals surface area contributed by atoms with Crippen LogP contribution < -0.4 is 16.0 Å². The monoisotopic (exact) mass is 1130 g/mol. The second kappa shape index (κ2) is 30.1. The fraction of sp³-hybridized carbons (Fsp3) is 0.661. The van der Waals surface area contributed by atoms with Crippen LogP contribution in [0.2, 0.25) is 0 Å². The smallest absolute Gasteiger partial charge is 0.332 e. The van der Waals surface area contributed by atoms with Gasteiger partial charge in [0.2, 0.25) is 41.4 Å². The lowest BCUT2D eigenvalue weighted by molar-refractivity contribution is -0.177. The summed E-state index contributed by atoms with van der Waals surface area (Å²) in [5.41, 5.74) is -0.546. The Kier molecular flexibility index (Phi) is 24.9. The van der Waals surface area contributed by atoms with Crippen LogP contribution in [0.25, 0.3) is 0 Å². The van der Waals surface area contributed by atoms with E-state index < -0.39 is 137 Å². The molecule has 0 spiro atoms. The average Bonchev–Trinajstić information content (AvgIpc) is 4.04. The lowest BCUT2D eigenvalue weighted by Gasteiger charge is -2.40. The molecular weight excluding hydrogens is 1030 g/mol. The number of esters is 1. The van der Waals surface area contributed by atoms with Gasteiger partial charge in [-0.15, -0.1) is 0 Å². The Balaban J connectivity index is 2.00. The van der Waals surface area contributed by atoms with Gasteiger partial charge in [0.1, 0.15) is 42.3 Å². The molecule has 19 nitrogen and oxygen atoms in total. The molecule has 2 aromatic rings. The Labute approximate surface area is 482 Å². The van der Waals surface area contributed by atoms with Crippen molar-refractivity contribution in [3.05, 3.63) is 71.8 Å². The number of fused-ring (bicyclic) bond motifs is 1. The Morgan fingerprint density at radius 3 is 1.51 bits per heavy atom. The third-order valence-electron chi connectivity index (χ3n) is 16.9. The van der Waals surface area contributed by atoms with Crippen molar-refractivity contribution in [2.45, 2.75) is 201 Å². The molecule has 19 heteroatoms. The molecule has 0 saturated carbocycles. The van der Waals surface area contributed by atoms with E-state index in [2.05, 4.69) is 16.0 Å². The van der Waals surface area contributed by atoms with Crippen molar-refractivity contribution in [2.75, 3.05) is 34.7 Å². The van der Waals surface area contributed by atoms with Gasteiger partial charge >= 0.3 is 5.97 Å². The number of cyclic esters (lactones) is 1. The number of carbonyl (C=O) groups is 9. The number of nitrogens with zero attached hydrogens (tertiary/aromatic N) is 5. The van der Waals surface area contributed by atoms with Crippen molar-refractivity contribution < 1.29 is 53.0 Å². The van der Waals surface area contributed by atoms with Gasteiger partial charge in [-0.05, 0) is 74.3 Å². The first-order chi connectivity index (χ1) is 38.1. The number of benzene rings is 2. The van der Waals surface area contributed by atoms with Crippen LogP contribution in [0, 0.1) is 29.6 Å². The highest BCUT2D eigenvalue weighted by Crippen LogP contribution is 2.28. The van der Waals surface area contributed by atoms with Crippen LogP contribution in [-0.4, -0.2) is 178 Å². The minimum absolute atomic E-state index is 0.00415. The van der Waals surface area contributed by atoms with E-state index >= 15 is 24.0 Å². The summed E-state index contributed by atoms with van der Waals surface area (Å²) in [6.45, 7) is 21.1. The Bertz CT molecular complexity index is 2470. The number of aliphatic hydroxyl groups is 1. The summed E-state index contributed by atoms with van der Waals surface area (Å²) in [5, 5.41) is 20.6. The molecule has 4 N–H and O–H groups in total. The molecule has 0 aliphatic carbocycles. The highest BCUT2D eigenvalue weighted by atomic mass is 16.6. The van der Waals surface area contributed by atoms with Gasteiger partial charge in [-0.2, -0.15) is 0 Å². The highest BCUT2D eigenvalue weighted by Gasteiger charge is 2.48. The Hall–Kier alpha value is -6.37. The molecule has 2 aliphatic heterocycles. The third-order valence-corrected chi connectivity index (χ3v) is 16.9. The quantitative estimate of drug-likeness (QED) is 0.170. The second-order valence-electron chi connectivity index (χ2n) is 24.0. The molecule has 2 saturated heterocycles. The first kappa shape index (κ1) is 67.1. The summed E-state index contributed by atoms with van der Waals surface area (Å²) < 4.78 is 6.14. The van der Waals surface area contributed by atoms with E-state index in [1.807, 2.05) is 90.1 Å². The van der Waals surface area contributed by atoms with Crippen molar-refractivity contribution in [1.29, 1.82) is 0 Å². The van der Waals surface area contributed by atoms with E-state index in [9.17, 15) is 24.3 Å². The Morgan fingerprint density at radius 1 is 0.556 bits per heavy atom. The van der Waals surface area contributed by atoms with Crippen molar-refractivity contribution in [3.63, 3.8) is 0 Å². The van der Waals surface area contributed by atoms with Gasteiger partial charge in [0.25, 0.3) is 5.91 Å². The van der Waals surface area contributed by atoms with E-state index in [4.69, 9.17) is 4.74 Å². The maximum absolute atomic E-state index is 15.4. The van der Waals surface area contributed by atoms with Gasteiger partial charge in [0.15, 0.2) is 12.1 Å². The molecule has 2 aliphatic rings. The largest absolute Gasteiger partial charge is 0.450 e. The van der Waals surface area contributed by atoms with Crippen LogP contribution >= 0.6 is 0 Å². The maximum Gasteiger partial charge on any atom is 0.332 e. The summed E-state index contributed by atoms with van der Waals surface area (Å²) in [6, 6.07) is 8.19. The van der Waals surface area contributed by atoms with Gasteiger partial charge in [0.05, 0.1) is 5.60 Å². The number of carbonyl (C=O) groups excluding carboxylic acids is 9. The zero-order valence-electron chi connectivity index (χ0n) is 51.2. The third kappa shape index (κ3) is 16.9. The molecule has 0 radical (unpaired) electrons.